The number of rotatable bonds is 4. The van der Waals surface area contributed by atoms with Gasteiger partial charge in [0.1, 0.15) is 5.82 Å². The summed E-state index contributed by atoms with van der Waals surface area (Å²) in [6, 6.07) is 6.03. The van der Waals surface area contributed by atoms with Crippen LogP contribution in [0.15, 0.2) is 29.2 Å². The van der Waals surface area contributed by atoms with Crippen LogP contribution < -0.4 is 10.2 Å². The number of nitrogens with one attached hydrogen (secondary N) is 2. The molecule has 0 radical (unpaired) electrons. The van der Waals surface area contributed by atoms with Crippen molar-refractivity contribution in [3.05, 3.63) is 46.6 Å². The molecule has 6 nitrogen and oxygen atoms in total. The van der Waals surface area contributed by atoms with Gasteiger partial charge in [0, 0.05) is 29.9 Å². The molecule has 1 aromatic heterocycles. The summed E-state index contributed by atoms with van der Waals surface area (Å²) < 4.78 is 61.4. The monoisotopic (exact) mass is 494 g/mol. The number of hydrogen-bond donors (Lipinski definition) is 2. The van der Waals surface area contributed by atoms with Crippen LogP contribution >= 0.6 is 0 Å². The van der Waals surface area contributed by atoms with Gasteiger partial charge in [-0.25, -0.2) is 14.0 Å². The molecule has 4 rings (SSSR count). The lowest BCUT2D eigenvalue weighted by molar-refractivity contribution is -0.138. The zero-order valence-corrected chi connectivity index (χ0v) is 20.3. The molecule has 2 fully saturated rings. The Morgan fingerprint density at radius 2 is 1.82 bits per heavy atom. The molecule has 1 spiro atoms. The summed E-state index contributed by atoms with van der Waals surface area (Å²) in [6.07, 6.45) is 2.06. The van der Waals surface area contributed by atoms with Crippen molar-refractivity contribution in [1.82, 2.24) is 4.98 Å². The molecular weight excluding hydrogens is 465 g/mol. The van der Waals surface area contributed by atoms with Gasteiger partial charge in [-0.3, -0.25) is 4.79 Å². The third kappa shape index (κ3) is 4.64. The third-order valence-corrected chi connectivity index (χ3v) is 8.35. The fourth-order valence-corrected chi connectivity index (χ4v) is 5.82. The number of carbonyl (C=O) groups is 1. The van der Waals surface area contributed by atoms with Crippen LogP contribution in [0.5, 0.6) is 0 Å². The first kappa shape index (κ1) is 24.5. The lowest BCUT2D eigenvalue weighted by Gasteiger charge is -2.48. The first-order valence-corrected chi connectivity index (χ1v) is 13.3. The SMILES string of the molecule is Cc1nc(N2CCC3(CCC3)CC2)c(C(=O)Nc2cccc(S(C)(=N)=O)c2)c(C)c1C(F)(F)F. The van der Waals surface area contributed by atoms with Gasteiger partial charge in [0.25, 0.3) is 5.91 Å². The Labute approximate surface area is 197 Å². The highest BCUT2D eigenvalue weighted by Crippen LogP contribution is 2.49. The van der Waals surface area contributed by atoms with Gasteiger partial charge in [-0.1, -0.05) is 12.5 Å². The molecule has 1 aromatic carbocycles. The van der Waals surface area contributed by atoms with Crippen LogP contribution in [0.1, 0.15) is 59.3 Å². The van der Waals surface area contributed by atoms with E-state index in [0.29, 0.717) is 18.5 Å². The number of benzene rings is 1. The number of carbonyl (C=O) groups excluding carboxylic acids is 1. The van der Waals surface area contributed by atoms with Crippen LogP contribution in [0.3, 0.4) is 0 Å². The van der Waals surface area contributed by atoms with E-state index < -0.39 is 27.4 Å². The maximum absolute atomic E-state index is 13.9. The molecule has 1 saturated carbocycles. The minimum atomic E-state index is -4.65. The van der Waals surface area contributed by atoms with E-state index >= 15 is 0 Å². The number of piperidine rings is 1. The summed E-state index contributed by atoms with van der Waals surface area (Å²) in [5, 5.41) is 2.65. The van der Waals surface area contributed by atoms with Crippen molar-refractivity contribution in [2.45, 2.75) is 57.0 Å². The van der Waals surface area contributed by atoms with E-state index in [1.807, 2.05) is 4.90 Å². The minimum Gasteiger partial charge on any atom is -0.356 e. The lowest BCUT2D eigenvalue weighted by atomic mass is 9.63. The molecule has 1 unspecified atom stereocenters. The first-order chi connectivity index (χ1) is 15.8. The van der Waals surface area contributed by atoms with Gasteiger partial charge in [0.05, 0.1) is 26.5 Å². The van der Waals surface area contributed by atoms with Crippen molar-refractivity contribution in [3.8, 4) is 0 Å². The smallest absolute Gasteiger partial charge is 0.356 e. The number of anilines is 2. The highest BCUT2D eigenvalue weighted by atomic mass is 32.2. The van der Waals surface area contributed by atoms with Crippen molar-refractivity contribution < 1.29 is 22.2 Å². The molecule has 2 heterocycles. The summed E-state index contributed by atoms with van der Waals surface area (Å²) in [6.45, 7) is 3.92. The molecule has 1 amide bonds. The van der Waals surface area contributed by atoms with Crippen LogP contribution in [0.2, 0.25) is 0 Å². The maximum atomic E-state index is 13.9. The van der Waals surface area contributed by atoms with Crippen molar-refractivity contribution in [2.75, 3.05) is 29.6 Å². The molecule has 2 N–H and O–H groups in total. The van der Waals surface area contributed by atoms with E-state index in [-0.39, 0.29) is 33.2 Å². The zero-order valence-electron chi connectivity index (χ0n) is 19.5. The Morgan fingerprint density at radius 1 is 1.18 bits per heavy atom. The summed E-state index contributed by atoms with van der Waals surface area (Å²) in [4.78, 5) is 19.8. The molecule has 1 aliphatic heterocycles. The Morgan fingerprint density at radius 3 is 2.35 bits per heavy atom. The second-order valence-electron chi connectivity index (χ2n) is 9.56. The van der Waals surface area contributed by atoms with Gasteiger partial charge >= 0.3 is 6.18 Å². The third-order valence-electron chi connectivity index (χ3n) is 7.20. The number of nitrogens with zero attached hydrogens (tertiary/aromatic N) is 2. The van der Waals surface area contributed by atoms with E-state index in [1.54, 1.807) is 12.1 Å². The first-order valence-electron chi connectivity index (χ1n) is 11.3. The Bertz CT molecular complexity index is 1230. The van der Waals surface area contributed by atoms with Crippen LogP contribution in [0.25, 0.3) is 0 Å². The summed E-state index contributed by atoms with van der Waals surface area (Å²) in [5.74, 6) is -0.440. The Balaban J connectivity index is 1.74. The van der Waals surface area contributed by atoms with Gasteiger partial charge in [0.15, 0.2) is 0 Å². The minimum absolute atomic E-state index is 0.101. The van der Waals surface area contributed by atoms with Crippen molar-refractivity contribution in [1.29, 1.82) is 4.78 Å². The predicted molar refractivity (Wildman–Crippen MR) is 126 cm³/mol. The van der Waals surface area contributed by atoms with Crippen LogP contribution in [-0.2, 0) is 15.9 Å². The van der Waals surface area contributed by atoms with Crippen molar-refractivity contribution >= 4 is 27.1 Å². The second kappa shape index (κ2) is 8.55. The molecule has 0 bridgehead atoms. The molecule has 2 aromatic rings. The van der Waals surface area contributed by atoms with E-state index in [2.05, 4.69) is 10.3 Å². The summed E-state index contributed by atoms with van der Waals surface area (Å²) >= 11 is 0. The van der Waals surface area contributed by atoms with Gasteiger partial charge in [-0.15, -0.1) is 0 Å². The Hall–Kier alpha value is -2.62. The Kier molecular flexibility index (Phi) is 6.16. The van der Waals surface area contributed by atoms with Gasteiger partial charge in [-0.05, 0) is 68.7 Å². The van der Waals surface area contributed by atoms with Gasteiger partial charge < -0.3 is 10.2 Å². The average molecular weight is 495 g/mol. The van der Waals surface area contributed by atoms with E-state index in [4.69, 9.17) is 4.78 Å². The van der Waals surface area contributed by atoms with Crippen LogP contribution in [0, 0.1) is 24.0 Å². The highest BCUT2D eigenvalue weighted by Gasteiger charge is 2.42. The van der Waals surface area contributed by atoms with E-state index in [9.17, 15) is 22.2 Å². The van der Waals surface area contributed by atoms with Gasteiger partial charge in [0.2, 0.25) is 0 Å². The number of halogens is 3. The molecule has 184 valence electrons. The largest absolute Gasteiger partial charge is 0.418 e. The molecule has 34 heavy (non-hydrogen) atoms. The number of amides is 1. The number of aryl methyl sites for hydroxylation is 1. The van der Waals surface area contributed by atoms with Crippen LogP contribution in [0.4, 0.5) is 24.7 Å². The lowest BCUT2D eigenvalue weighted by Crippen LogP contribution is -2.44. The van der Waals surface area contributed by atoms with E-state index in [0.717, 1.165) is 12.8 Å². The molecule has 2 aliphatic rings. The second-order valence-corrected chi connectivity index (χ2v) is 11.7. The van der Waals surface area contributed by atoms with Crippen molar-refractivity contribution in [2.24, 2.45) is 5.41 Å². The number of aromatic nitrogens is 1. The summed E-state index contributed by atoms with van der Waals surface area (Å²) in [7, 11) is -3.02. The quantitative estimate of drug-likeness (QED) is 0.565. The molecule has 1 saturated heterocycles. The van der Waals surface area contributed by atoms with Gasteiger partial charge in [-0.2, -0.15) is 13.2 Å². The molecule has 1 atom stereocenters. The standard InChI is InChI=1S/C24H29F3N4O2S/c1-15-19(22(32)30-17-6-4-7-18(14-17)34(3,28)33)21(29-16(2)20(15)24(25,26)27)31-12-10-23(11-13-31)8-5-9-23/h4,6-7,14,28H,5,8-13H2,1-3H3,(H,30,32). The molecule has 10 heteroatoms. The fraction of sp³-hybridized carbons (Fsp3) is 0.500. The normalized spacial score (nSPS) is 19.4. The molecular formula is C24H29F3N4O2S. The van der Waals surface area contributed by atoms with Crippen LogP contribution in [-0.4, -0.2) is 34.4 Å². The topological polar surface area (TPSA) is 86.2 Å². The molecule has 1 aliphatic carbocycles. The number of pyridine rings is 1. The van der Waals surface area contributed by atoms with E-state index in [1.165, 1.54) is 51.5 Å². The average Bonchev–Trinajstić information content (AvgIpc) is 2.70. The highest BCUT2D eigenvalue weighted by molar-refractivity contribution is 7.91. The summed E-state index contributed by atoms with van der Waals surface area (Å²) in [5.41, 5.74) is -0.717. The van der Waals surface area contributed by atoms with Crippen molar-refractivity contribution in [3.63, 3.8) is 0 Å². The zero-order chi connectivity index (χ0) is 24.9. The maximum Gasteiger partial charge on any atom is 0.418 e. The number of hydrogen-bond acceptors (Lipinski definition) is 5. The number of alkyl halides is 3. The predicted octanol–water partition coefficient (Wildman–Crippen LogP) is 5.78. The fourth-order valence-electron chi connectivity index (χ4n) is 5.13.